The van der Waals surface area contributed by atoms with Crippen molar-refractivity contribution in [3.63, 3.8) is 0 Å². The van der Waals surface area contributed by atoms with Crippen LogP contribution in [0.5, 0.6) is 0 Å². The zero-order chi connectivity index (χ0) is 13.0. The Morgan fingerprint density at radius 2 is 2.06 bits per heavy atom. The van der Waals surface area contributed by atoms with Gasteiger partial charge in [-0.1, -0.05) is 18.2 Å². The molecule has 0 amide bonds. The summed E-state index contributed by atoms with van der Waals surface area (Å²) in [5.41, 5.74) is 2.34. The average molecular weight is 248 g/mol. The molecule has 18 heavy (non-hydrogen) atoms. The van der Waals surface area contributed by atoms with Gasteiger partial charge in [0.25, 0.3) is 0 Å². The SMILES string of the molecule is CN(Cc1c[nH]c2ccccc12)C(CO)CCO. The van der Waals surface area contributed by atoms with Gasteiger partial charge in [-0.3, -0.25) is 4.90 Å². The lowest BCUT2D eigenvalue weighted by molar-refractivity contribution is 0.115. The zero-order valence-corrected chi connectivity index (χ0v) is 10.6. The lowest BCUT2D eigenvalue weighted by atomic mass is 10.1. The predicted molar refractivity (Wildman–Crippen MR) is 72.3 cm³/mol. The number of likely N-dealkylation sites (N-methyl/N-ethyl adjacent to an activating group) is 1. The third-order valence-electron chi connectivity index (χ3n) is 3.39. The Morgan fingerprint density at radius 1 is 1.28 bits per heavy atom. The number of rotatable bonds is 6. The first kappa shape index (κ1) is 13.1. The van der Waals surface area contributed by atoms with Gasteiger partial charge in [0.1, 0.15) is 0 Å². The fourth-order valence-corrected chi connectivity index (χ4v) is 2.26. The molecule has 4 nitrogen and oxygen atoms in total. The molecule has 1 unspecified atom stereocenters. The van der Waals surface area contributed by atoms with E-state index in [0.717, 1.165) is 12.1 Å². The molecule has 0 saturated heterocycles. The van der Waals surface area contributed by atoms with Crippen LogP contribution in [0.4, 0.5) is 0 Å². The van der Waals surface area contributed by atoms with E-state index in [2.05, 4.69) is 22.0 Å². The monoisotopic (exact) mass is 248 g/mol. The molecule has 1 aromatic heterocycles. The van der Waals surface area contributed by atoms with Gasteiger partial charge in [-0.2, -0.15) is 0 Å². The molecular weight excluding hydrogens is 228 g/mol. The maximum Gasteiger partial charge on any atom is 0.0587 e. The Morgan fingerprint density at radius 3 is 2.78 bits per heavy atom. The van der Waals surface area contributed by atoms with Crippen molar-refractivity contribution in [2.45, 2.75) is 19.0 Å². The minimum Gasteiger partial charge on any atom is -0.396 e. The highest BCUT2D eigenvalue weighted by Gasteiger charge is 2.14. The summed E-state index contributed by atoms with van der Waals surface area (Å²) < 4.78 is 0. The molecule has 0 bridgehead atoms. The number of H-pyrrole nitrogens is 1. The summed E-state index contributed by atoms with van der Waals surface area (Å²) in [7, 11) is 1.97. The molecule has 1 heterocycles. The second-order valence-electron chi connectivity index (χ2n) is 4.62. The summed E-state index contributed by atoms with van der Waals surface area (Å²) in [5.74, 6) is 0. The Kier molecular flexibility index (Phi) is 4.36. The molecule has 0 aliphatic heterocycles. The fourth-order valence-electron chi connectivity index (χ4n) is 2.26. The second-order valence-corrected chi connectivity index (χ2v) is 4.62. The second kappa shape index (κ2) is 6.00. The molecular formula is C14H20N2O2. The van der Waals surface area contributed by atoms with Crippen molar-refractivity contribution in [1.82, 2.24) is 9.88 Å². The number of aromatic nitrogens is 1. The first-order valence-electron chi connectivity index (χ1n) is 6.23. The average Bonchev–Trinajstić information content (AvgIpc) is 2.79. The van der Waals surface area contributed by atoms with E-state index in [-0.39, 0.29) is 19.3 Å². The molecule has 0 radical (unpaired) electrons. The summed E-state index contributed by atoms with van der Waals surface area (Å²) in [4.78, 5) is 5.32. The smallest absolute Gasteiger partial charge is 0.0587 e. The van der Waals surface area contributed by atoms with Gasteiger partial charge in [0.05, 0.1) is 6.61 Å². The van der Waals surface area contributed by atoms with Crippen molar-refractivity contribution in [2.24, 2.45) is 0 Å². The number of nitrogens with zero attached hydrogens (tertiary/aromatic N) is 1. The Bertz CT molecular complexity index is 495. The fraction of sp³-hybridized carbons (Fsp3) is 0.429. The summed E-state index contributed by atoms with van der Waals surface area (Å²) in [6, 6.07) is 8.18. The Balaban J connectivity index is 2.13. The summed E-state index contributed by atoms with van der Waals surface area (Å²) in [6.07, 6.45) is 2.60. The van der Waals surface area contributed by atoms with Crippen molar-refractivity contribution in [2.75, 3.05) is 20.3 Å². The van der Waals surface area contributed by atoms with Gasteiger partial charge >= 0.3 is 0 Å². The molecule has 4 heteroatoms. The number of hydrogen-bond acceptors (Lipinski definition) is 3. The van der Waals surface area contributed by atoms with E-state index in [9.17, 15) is 5.11 Å². The summed E-state index contributed by atoms with van der Waals surface area (Å²) in [6.45, 7) is 0.929. The number of aromatic amines is 1. The van der Waals surface area contributed by atoms with Crippen LogP contribution in [-0.2, 0) is 6.54 Å². The topological polar surface area (TPSA) is 59.5 Å². The molecule has 1 aromatic carbocycles. The maximum absolute atomic E-state index is 9.31. The number of benzene rings is 1. The molecule has 98 valence electrons. The summed E-state index contributed by atoms with van der Waals surface area (Å²) in [5, 5.41) is 19.5. The van der Waals surface area contributed by atoms with Crippen LogP contribution >= 0.6 is 0 Å². The highest BCUT2D eigenvalue weighted by Crippen LogP contribution is 2.19. The normalized spacial score (nSPS) is 13.3. The standard InChI is InChI=1S/C14H20N2O2/c1-16(12(10-18)6-7-17)9-11-8-15-14-5-3-2-4-13(11)14/h2-5,8,12,15,17-18H,6-7,9-10H2,1H3. The first-order valence-corrected chi connectivity index (χ1v) is 6.23. The molecule has 3 N–H and O–H groups in total. The van der Waals surface area contributed by atoms with Gasteiger partial charge in [-0.15, -0.1) is 0 Å². The Labute approximate surface area is 107 Å². The first-order chi connectivity index (χ1) is 8.76. The quantitative estimate of drug-likeness (QED) is 0.723. The molecule has 0 saturated carbocycles. The summed E-state index contributed by atoms with van der Waals surface area (Å²) >= 11 is 0. The van der Waals surface area contributed by atoms with E-state index >= 15 is 0 Å². The van der Waals surface area contributed by atoms with Crippen LogP contribution < -0.4 is 0 Å². The minimum absolute atomic E-state index is 0.00339. The van der Waals surface area contributed by atoms with Gasteiger partial charge in [0.2, 0.25) is 0 Å². The third kappa shape index (κ3) is 2.72. The third-order valence-corrected chi connectivity index (χ3v) is 3.39. The van der Waals surface area contributed by atoms with Crippen molar-refractivity contribution in [1.29, 1.82) is 0 Å². The van der Waals surface area contributed by atoms with E-state index in [4.69, 9.17) is 5.11 Å². The highest BCUT2D eigenvalue weighted by molar-refractivity contribution is 5.82. The number of hydrogen-bond donors (Lipinski definition) is 3. The molecule has 1 atom stereocenters. The minimum atomic E-state index is 0.00339. The molecule has 0 spiro atoms. The van der Waals surface area contributed by atoms with E-state index in [1.54, 1.807) is 0 Å². The number of nitrogens with one attached hydrogen (secondary N) is 1. The van der Waals surface area contributed by atoms with Gasteiger partial charge in [-0.25, -0.2) is 0 Å². The van der Waals surface area contributed by atoms with Crippen LogP contribution in [0, 0.1) is 0 Å². The van der Waals surface area contributed by atoms with Gasteiger partial charge in [0, 0.05) is 36.3 Å². The van der Waals surface area contributed by atoms with Crippen LogP contribution in [0.15, 0.2) is 30.5 Å². The molecule has 2 aromatic rings. The van der Waals surface area contributed by atoms with Crippen molar-refractivity contribution in [3.8, 4) is 0 Å². The van der Waals surface area contributed by atoms with Crippen molar-refractivity contribution < 1.29 is 10.2 Å². The van der Waals surface area contributed by atoms with Crippen LogP contribution in [0.3, 0.4) is 0 Å². The van der Waals surface area contributed by atoms with Crippen LogP contribution in [0.25, 0.3) is 10.9 Å². The van der Waals surface area contributed by atoms with Gasteiger partial charge in [-0.05, 0) is 25.1 Å². The zero-order valence-electron chi connectivity index (χ0n) is 10.6. The lowest BCUT2D eigenvalue weighted by Gasteiger charge is -2.25. The van der Waals surface area contributed by atoms with Crippen molar-refractivity contribution >= 4 is 10.9 Å². The lowest BCUT2D eigenvalue weighted by Crippen LogP contribution is -2.34. The molecule has 0 fully saturated rings. The van der Waals surface area contributed by atoms with E-state index in [1.165, 1.54) is 10.9 Å². The maximum atomic E-state index is 9.31. The van der Waals surface area contributed by atoms with Crippen molar-refractivity contribution in [3.05, 3.63) is 36.0 Å². The van der Waals surface area contributed by atoms with Gasteiger partial charge < -0.3 is 15.2 Å². The van der Waals surface area contributed by atoms with E-state index < -0.39 is 0 Å². The van der Waals surface area contributed by atoms with Gasteiger partial charge in [0.15, 0.2) is 0 Å². The number of para-hydroxylation sites is 1. The largest absolute Gasteiger partial charge is 0.396 e. The Hall–Kier alpha value is -1.36. The molecule has 2 rings (SSSR count). The van der Waals surface area contributed by atoms with Crippen LogP contribution in [0.2, 0.25) is 0 Å². The highest BCUT2D eigenvalue weighted by atomic mass is 16.3. The van der Waals surface area contributed by atoms with Crippen LogP contribution in [-0.4, -0.2) is 46.4 Å². The number of fused-ring (bicyclic) bond motifs is 1. The van der Waals surface area contributed by atoms with E-state index in [1.807, 2.05) is 25.4 Å². The molecule has 0 aliphatic carbocycles. The van der Waals surface area contributed by atoms with Crippen LogP contribution in [0.1, 0.15) is 12.0 Å². The number of aliphatic hydroxyl groups excluding tert-OH is 2. The predicted octanol–water partition coefficient (Wildman–Crippen LogP) is 1.34. The number of aliphatic hydroxyl groups is 2. The van der Waals surface area contributed by atoms with E-state index in [0.29, 0.717) is 6.42 Å². The molecule has 0 aliphatic rings.